The molecule has 5 heteroatoms. The van der Waals surface area contributed by atoms with E-state index in [2.05, 4.69) is 15.0 Å². The summed E-state index contributed by atoms with van der Waals surface area (Å²) in [5.74, 6) is 0. The molecule has 2 aromatic heterocycles. The van der Waals surface area contributed by atoms with Gasteiger partial charge in [0.2, 0.25) is 0 Å². The van der Waals surface area contributed by atoms with Gasteiger partial charge in [-0.2, -0.15) is 0 Å². The van der Waals surface area contributed by atoms with Crippen molar-refractivity contribution in [1.82, 2.24) is 15.0 Å². The van der Waals surface area contributed by atoms with Crippen LogP contribution in [0.5, 0.6) is 0 Å². The summed E-state index contributed by atoms with van der Waals surface area (Å²) in [6.45, 7) is 0. The van der Waals surface area contributed by atoms with Gasteiger partial charge in [-0.1, -0.05) is 6.42 Å². The summed E-state index contributed by atoms with van der Waals surface area (Å²) in [4.78, 5) is 13.2. The molecule has 0 radical (unpaired) electrons. The lowest BCUT2D eigenvalue weighted by molar-refractivity contribution is 0.707. The third-order valence-corrected chi connectivity index (χ3v) is 4.41. The molecule has 0 unspecified atom stereocenters. The van der Waals surface area contributed by atoms with Crippen LogP contribution in [0.15, 0.2) is 34.7 Å². The number of nitrogens with two attached hydrogens (primary N) is 1. The molecule has 98 valence electrons. The Morgan fingerprint density at radius 1 is 1.00 bits per heavy atom. The van der Waals surface area contributed by atoms with Crippen molar-refractivity contribution in [1.29, 1.82) is 0 Å². The van der Waals surface area contributed by atoms with Crippen molar-refractivity contribution in [2.45, 2.75) is 42.2 Å². The number of fused-ring (bicyclic) bond motifs is 1. The van der Waals surface area contributed by atoms with E-state index in [1.807, 2.05) is 12.1 Å². The molecule has 1 aliphatic rings. The van der Waals surface area contributed by atoms with E-state index in [0.717, 1.165) is 22.9 Å². The highest BCUT2D eigenvalue weighted by molar-refractivity contribution is 7.99. The molecule has 0 atom stereocenters. The number of hydrogen-bond donors (Lipinski definition) is 1. The number of nitrogens with zero attached hydrogens (tertiary/aromatic N) is 3. The smallest absolute Gasteiger partial charge is 0.125 e. The van der Waals surface area contributed by atoms with E-state index in [-0.39, 0.29) is 0 Å². The predicted octanol–water partition coefficient (Wildman–Crippen LogP) is 2.87. The summed E-state index contributed by atoms with van der Waals surface area (Å²) in [6, 6.07) is 3.72. The van der Waals surface area contributed by atoms with Crippen molar-refractivity contribution in [2.75, 3.05) is 5.73 Å². The maximum atomic E-state index is 5.95. The van der Waals surface area contributed by atoms with Crippen LogP contribution in [0.4, 0.5) is 5.69 Å². The van der Waals surface area contributed by atoms with Gasteiger partial charge in [0.05, 0.1) is 5.69 Å². The molecule has 0 saturated carbocycles. The highest BCUT2D eigenvalue weighted by Crippen LogP contribution is 2.33. The second kappa shape index (κ2) is 5.57. The van der Waals surface area contributed by atoms with Crippen molar-refractivity contribution in [3.8, 4) is 0 Å². The van der Waals surface area contributed by atoms with Gasteiger partial charge in [0, 0.05) is 17.5 Å². The fraction of sp³-hybridized carbons (Fsp3) is 0.357. The minimum absolute atomic E-state index is 0.702. The molecule has 0 aliphatic heterocycles. The Bertz CT molecular complexity index is 585. The van der Waals surface area contributed by atoms with Crippen molar-refractivity contribution >= 4 is 17.4 Å². The number of nitrogen functional groups attached to an aromatic ring is 1. The fourth-order valence-electron chi connectivity index (χ4n) is 2.34. The van der Waals surface area contributed by atoms with Crippen molar-refractivity contribution in [3.05, 3.63) is 35.9 Å². The number of anilines is 1. The molecular formula is C14H16N4S. The van der Waals surface area contributed by atoms with Crippen LogP contribution in [-0.2, 0) is 12.8 Å². The number of rotatable bonds is 2. The van der Waals surface area contributed by atoms with Gasteiger partial charge in [-0.15, -0.1) is 0 Å². The molecule has 1 aliphatic carbocycles. The van der Waals surface area contributed by atoms with Crippen molar-refractivity contribution in [2.24, 2.45) is 0 Å². The molecule has 3 rings (SSSR count). The largest absolute Gasteiger partial charge is 0.397 e. The van der Waals surface area contributed by atoms with Gasteiger partial charge in [-0.25, -0.2) is 15.0 Å². The topological polar surface area (TPSA) is 64.7 Å². The van der Waals surface area contributed by atoms with Gasteiger partial charge in [-0.3, -0.25) is 0 Å². The molecule has 4 nitrogen and oxygen atoms in total. The monoisotopic (exact) mass is 272 g/mol. The zero-order valence-corrected chi connectivity index (χ0v) is 11.5. The minimum Gasteiger partial charge on any atom is -0.397 e. The van der Waals surface area contributed by atoms with Crippen molar-refractivity contribution < 1.29 is 0 Å². The highest BCUT2D eigenvalue weighted by atomic mass is 32.2. The summed E-state index contributed by atoms with van der Waals surface area (Å²) < 4.78 is 0. The summed E-state index contributed by atoms with van der Waals surface area (Å²) in [6.07, 6.45) is 9.25. The third kappa shape index (κ3) is 2.71. The van der Waals surface area contributed by atoms with Crippen LogP contribution >= 0.6 is 11.8 Å². The van der Waals surface area contributed by atoms with Crippen LogP contribution in [0.3, 0.4) is 0 Å². The first kappa shape index (κ1) is 12.4. The molecule has 0 aromatic carbocycles. The standard InChI is InChI=1S/C14H16N4S/c15-11-6-4-8-16-14(11)19-13-10-5-2-1-3-7-12(10)17-9-18-13/h4,6,8-9H,1-3,5,7,15H2. The third-order valence-electron chi connectivity index (χ3n) is 3.33. The van der Waals surface area contributed by atoms with E-state index in [1.165, 1.54) is 30.5 Å². The van der Waals surface area contributed by atoms with E-state index in [4.69, 9.17) is 5.73 Å². The maximum absolute atomic E-state index is 5.95. The van der Waals surface area contributed by atoms with Gasteiger partial charge >= 0.3 is 0 Å². The Kier molecular flexibility index (Phi) is 3.64. The lowest BCUT2D eigenvalue weighted by Crippen LogP contribution is -2.01. The SMILES string of the molecule is Nc1cccnc1Sc1ncnc2c1CCCCC2. The van der Waals surface area contributed by atoms with E-state index in [9.17, 15) is 0 Å². The Balaban J connectivity index is 1.95. The van der Waals surface area contributed by atoms with E-state index >= 15 is 0 Å². The van der Waals surface area contributed by atoms with E-state index in [0.29, 0.717) is 5.69 Å². The van der Waals surface area contributed by atoms with Crippen LogP contribution in [0, 0.1) is 0 Å². The summed E-state index contributed by atoms with van der Waals surface area (Å²) in [5.41, 5.74) is 9.14. The first-order valence-corrected chi connectivity index (χ1v) is 7.37. The number of pyridine rings is 1. The van der Waals surface area contributed by atoms with Gasteiger partial charge in [-0.05, 0) is 49.6 Å². The first-order chi connectivity index (χ1) is 9.34. The second-order valence-electron chi connectivity index (χ2n) is 4.66. The zero-order chi connectivity index (χ0) is 13.1. The van der Waals surface area contributed by atoms with Gasteiger partial charge < -0.3 is 5.73 Å². The predicted molar refractivity (Wildman–Crippen MR) is 76.1 cm³/mol. The normalized spacial score (nSPS) is 14.7. The van der Waals surface area contributed by atoms with Gasteiger partial charge in [0.25, 0.3) is 0 Å². The average molecular weight is 272 g/mol. The molecule has 0 spiro atoms. The molecule has 0 amide bonds. The maximum Gasteiger partial charge on any atom is 0.125 e. The molecule has 19 heavy (non-hydrogen) atoms. The number of aryl methyl sites for hydroxylation is 1. The molecule has 0 fully saturated rings. The van der Waals surface area contributed by atoms with Crippen LogP contribution in [-0.4, -0.2) is 15.0 Å². The fourth-order valence-corrected chi connectivity index (χ4v) is 3.26. The molecule has 2 N–H and O–H groups in total. The number of aromatic nitrogens is 3. The quantitative estimate of drug-likeness (QED) is 0.672. The Labute approximate surface area is 116 Å². The highest BCUT2D eigenvalue weighted by Gasteiger charge is 2.16. The average Bonchev–Trinajstić information content (AvgIpc) is 2.67. The summed E-state index contributed by atoms with van der Waals surface area (Å²) >= 11 is 1.55. The first-order valence-electron chi connectivity index (χ1n) is 6.55. The van der Waals surface area contributed by atoms with Gasteiger partial charge in [0.1, 0.15) is 16.4 Å². The summed E-state index contributed by atoms with van der Waals surface area (Å²) in [5, 5.41) is 1.84. The second-order valence-corrected chi connectivity index (χ2v) is 5.64. The lowest BCUT2D eigenvalue weighted by atomic mass is 10.1. The van der Waals surface area contributed by atoms with Crippen LogP contribution in [0.2, 0.25) is 0 Å². The number of hydrogen-bond acceptors (Lipinski definition) is 5. The van der Waals surface area contributed by atoms with E-state index in [1.54, 1.807) is 24.3 Å². The molecular weight excluding hydrogens is 256 g/mol. The Hall–Kier alpha value is -1.62. The minimum atomic E-state index is 0.702. The van der Waals surface area contributed by atoms with Crippen LogP contribution < -0.4 is 5.73 Å². The Morgan fingerprint density at radius 3 is 2.79 bits per heavy atom. The zero-order valence-electron chi connectivity index (χ0n) is 10.7. The van der Waals surface area contributed by atoms with E-state index < -0.39 is 0 Å². The molecule has 2 heterocycles. The lowest BCUT2D eigenvalue weighted by Gasteiger charge is -2.10. The molecule has 0 saturated heterocycles. The van der Waals surface area contributed by atoms with Crippen LogP contribution in [0.1, 0.15) is 30.5 Å². The molecule has 0 bridgehead atoms. The Morgan fingerprint density at radius 2 is 1.89 bits per heavy atom. The van der Waals surface area contributed by atoms with Crippen LogP contribution in [0.25, 0.3) is 0 Å². The van der Waals surface area contributed by atoms with Gasteiger partial charge in [0.15, 0.2) is 0 Å². The van der Waals surface area contributed by atoms with Crippen molar-refractivity contribution in [3.63, 3.8) is 0 Å². The molecule has 2 aromatic rings. The summed E-state index contributed by atoms with van der Waals surface area (Å²) in [7, 11) is 0.